The summed E-state index contributed by atoms with van der Waals surface area (Å²) in [5.41, 5.74) is -0.907. The SMILES string of the molecule is CC(=O)OC1C[C@@]23C[C@@]24CC[C@H](O[C@@H]2OC[C@@H](O)[C@H](O)[C@H]2O)C(C)(C)[C@@H]4CC=C3[C@]2(C)CC3O[C@]4(O)C(O)C(C)(C)O[C@@H]4[C@@H](C)[C@@H]3[C@@]12C. The molecule has 3 unspecified atom stereocenters. The van der Waals surface area contributed by atoms with Crippen LogP contribution in [0.5, 0.6) is 0 Å². The van der Waals surface area contributed by atoms with E-state index in [-0.39, 0.29) is 64.9 Å². The summed E-state index contributed by atoms with van der Waals surface area (Å²) in [5.74, 6) is -2.11. The maximum absolute atomic E-state index is 12.9. The predicted octanol–water partition coefficient (Wildman–Crippen LogP) is 2.58. The van der Waals surface area contributed by atoms with Crippen LogP contribution in [-0.2, 0) is 28.5 Å². The van der Waals surface area contributed by atoms with Crippen LogP contribution >= 0.6 is 0 Å². The second-order valence-electron chi connectivity index (χ2n) is 18.5. The Bertz CT molecular complexity index is 1410. The molecule has 8 rings (SSSR count). The van der Waals surface area contributed by atoms with E-state index in [9.17, 15) is 30.3 Å². The summed E-state index contributed by atoms with van der Waals surface area (Å²) in [6, 6.07) is 0. The van der Waals surface area contributed by atoms with E-state index in [1.807, 2.05) is 0 Å². The number of carbonyl (C=O) groups is 1. The molecule has 8 aliphatic rings. The van der Waals surface area contributed by atoms with Crippen molar-refractivity contribution >= 4 is 5.97 Å². The van der Waals surface area contributed by atoms with Crippen molar-refractivity contribution in [2.24, 2.45) is 44.8 Å². The van der Waals surface area contributed by atoms with E-state index in [1.165, 1.54) is 12.5 Å². The molecule has 0 amide bonds. The normalized spacial score (nSPS) is 58.7. The lowest BCUT2D eigenvalue weighted by Crippen LogP contribution is -2.64. The lowest BCUT2D eigenvalue weighted by Gasteiger charge is -2.62. The van der Waals surface area contributed by atoms with Gasteiger partial charge in [0.15, 0.2) is 6.29 Å². The molecule has 0 bridgehead atoms. The number of esters is 1. The Morgan fingerprint density at radius 2 is 1.69 bits per heavy atom. The molecule has 17 atom stereocenters. The highest BCUT2D eigenvalue weighted by Crippen LogP contribution is 2.88. The molecule has 3 saturated heterocycles. The molecule has 3 heterocycles. The van der Waals surface area contributed by atoms with Crippen LogP contribution in [0.15, 0.2) is 11.6 Å². The Kier molecular flexibility index (Phi) is 7.10. The van der Waals surface area contributed by atoms with Crippen molar-refractivity contribution in [1.29, 1.82) is 0 Å². The summed E-state index contributed by atoms with van der Waals surface area (Å²) in [5, 5.41) is 54.0. The second kappa shape index (κ2) is 10.0. The minimum Gasteiger partial charge on any atom is -0.462 e. The Balaban J connectivity index is 1.15. The number of fused-ring (bicyclic) bond motifs is 5. The Morgan fingerprint density at radius 3 is 2.38 bits per heavy atom. The highest BCUT2D eigenvalue weighted by atomic mass is 16.7. The van der Waals surface area contributed by atoms with Crippen LogP contribution < -0.4 is 0 Å². The van der Waals surface area contributed by atoms with Gasteiger partial charge in [0.2, 0.25) is 5.79 Å². The highest BCUT2D eigenvalue weighted by Gasteiger charge is 2.85. The van der Waals surface area contributed by atoms with Gasteiger partial charge in [0.25, 0.3) is 0 Å². The monoisotopic (exact) mass is 676 g/mol. The third kappa shape index (κ3) is 3.89. The summed E-state index contributed by atoms with van der Waals surface area (Å²) in [4.78, 5) is 12.9. The van der Waals surface area contributed by atoms with E-state index < -0.39 is 59.0 Å². The van der Waals surface area contributed by atoms with Gasteiger partial charge >= 0.3 is 5.97 Å². The topological polar surface area (TPSA) is 164 Å². The van der Waals surface area contributed by atoms with Gasteiger partial charge in [-0.15, -0.1) is 0 Å². The van der Waals surface area contributed by atoms with Gasteiger partial charge in [-0.25, -0.2) is 0 Å². The number of hydrogen-bond donors (Lipinski definition) is 5. The van der Waals surface area contributed by atoms with Gasteiger partial charge < -0.3 is 49.2 Å². The molecule has 48 heavy (non-hydrogen) atoms. The third-order valence-corrected chi connectivity index (χ3v) is 15.8. The molecular weight excluding hydrogens is 620 g/mol. The summed E-state index contributed by atoms with van der Waals surface area (Å²) < 4.78 is 31.5. The molecule has 4 saturated carbocycles. The molecule has 0 aromatic rings. The fourth-order valence-electron chi connectivity index (χ4n) is 13.5. The van der Waals surface area contributed by atoms with Crippen LogP contribution in [0.1, 0.15) is 93.9 Å². The van der Waals surface area contributed by atoms with Gasteiger partial charge in [-0.1, -0.05) is 46.3 Å². The van der Waals surface area contributed by atoms with E-state index in [0.29, 0.717) is 6.42 Å². The van der Waals surface area contributed by atoms with Crippen LogP contribution in [0.3, 0.4) is 0 Å². The summed E-state index contributed by atoms with van der Waals surface area (Å²) in [6.45, 7) is 16.1. The minimum atomic E-state index is -1.82. The largest absolute Gasteiger partial charge is 0.462 e. The number of ether oxygens (including phenoxy) is 5. The molecule has 2 spiro atoms. The van der Waals surface area contributed by atoms with Crippen LogP contribution in [0.4, 0.5) is 0 Å². The van der Waals surface area contributed by atoms with Crippen molar-refractivity contribution in [3.05, 3.63) is 11.6 Å². The summed E-state index contributed by atoms with van der Waals surface area (Å²) in [7, 11) is 0. The summed E-state index contributed by atoms with van der Waals surface area (Å²) >= 11 is 0. The van der Waals surface area contributed by atoms with Crippen molar-refractivity contribution in [3.63, 3.8) is 0 Å². The van der Waals surface area contributed by atoms with Gasteiger partial charge in [0.1, 0.15) is 36.6 Å². The first kappa shape index (κ1) is 34.0. The predicted molar refractivity (Wildman–Crippen MR) is 170 cm³/mol. The van der Waals surface area contributed by atoms with Gasteiger partial charge in [-0.05, 0) is 75.0 Å². The molecule has 3 aliphatic heterocycles. The molecule has 0 aromatic carbocycles. The fraction of sp³-hybridized carbons (Fsp3) is 0.919. The summed E-state index contributed by atoms with van der Waals surface area (Å²) in [6.07, 6.45) is -0.377. The molecule has 0 aromatic heterocycles. The molecule has 11 heteroatoms. The van der Waals surface area contributed by atoms with E-state index in [1.54, 1.807) is 13.8 Å². The number of hydrogen-bond acceptors (Lipinski definition) is 11. The van der Waals surface area contributed by atoms with E-state index in [2.05, 4.69) is 40.7 Å². The smallest absolute Gasteiger partial charge is 0.302 e. The number of carbonyl (C=O) groups excluding carboxylic acids is 1. The van der Waals surface area contributed by atoms with E-state index in [4.69, 9.17) is 23.7 Å². The molecule has 0 radical (unpaired) electrons. The quantitative estimate of drug-likeness (QED) is 0.221. The maximum Gasteiger partial charge on any atom is 0.302 e. The molecule has 11 nitrogen and oxygen atoms in total. The molecule has 5 aliphatic carbocycles. The van der Waals surface area contributed by atoms with Crippen molar-refractivity contribution in [1.82, 2.24) is 0 Å². The Labute approximate surface area is 283 Å². The first-order valence-corrected chi connectivity index (χ1v) is 18.2. The number of aliphatic hydroxyl groups excluding tert-OH is 4. The minimum absolute atomic E-state index is 0.0107. The zero-order valence-electron chi connectivity index (χ0n) is 29.6. The highest BCUT2D eigenvalue weighted by molar-refractivity contribution is 5.66. The lowest BCUT2D eigenvalue weighted by atomic mass is 9.44. The number of aliphatic hydroxyl groups is 5. The number of rotatable bonds is 3. The van der Waals surface area contributed by atoms with Crippen molar-refractivity contribution < 1.29 is 54.0 Å². The van der Waals surface area contributed by atoms with Gasteiger partial charge in [0.05, 0.1) is 24.4 Å². The van der Waals surface area contributed by atoms with Crippen molar-refractivity contribution in [2.45, 2.75) is 160 Å². The van der Waals surface area contributed by atoms with E-state index in [0.717, 1.165) is 32.1 Å². The average Bonchev–Trinajstić information content (AvgIpc) is 3.52. The van der Waals surface area contributed by atoms with Gasteiger partial charge in [-0.3, -0.25) is 4.79 Å². The first-order valence-electron chi connectivity index (χ1n) is 18.2. The van der Waals surface area contributed by atoms with Crippen LogP contribution in [0, 0.1) is 44.8 Å². The number of allylic oxidation sites excluding steroid dienone is 2. The molecular formula is C37H56O11. The van der Waals surface area contributed by atoms with Crippen LogP contribution in [-0.4, -0.2) is 105 Å². The third-order valence-electron chi connectivity index (χ3n) is 15.8. The average molecular weight is 677 g/mol. The van der Waals surface area contributed by atoms with Crippen LogP contribution in [0.2, 0.25) is 0 Å². The fourth-order valence-corrected chi connectivity index (χ4v) is 13.5. The van der Waals surface area contributed by atoms with Crippen molar-refractivity contribution in [3.8, 4) is 0 Å². The van der Waals surface area contributed by atoms with Crippen LogP contribution in [0.25, 0.3) is 0 Å². The first-order chi connectivity index (χ1) is 22.2. The molecule has 5 N–H and O–H groups in total. The Morgan fingerprint density at radius 1 is 0.979 bits per heavy atom. The molecule has 7 fully saturated rings. The van der Waals surface area contributed by atoms with E-state index >= 15 is 0 Å². The maximum atomic E-state index is 12.9. The van der Waals surface area contributed by atoms with Gasteiger partial charge in [0, 0.05) is 29.1 Å². The standard InChI is InChI=1S/C37H56O11/c1-17-25-20(47-37(43)28(17)48-32(5,6)30(37)42)13-33(7)22-10-9-21-31(3,4)23(46-29-27(41)26(40)19(39)15-44-29)11-12-35(21)16-36(22,35)14-24(34(25,33)8)45-18(2)38/h10,17,19-21,23-30,39-43H,9,11-16H2,1-8H3/t17-,19+,20?,21-,23-,24?,25-,26-,27+,28+,29-,30?,33-,34+,35+,36-,37-/m0/s1. The van der Waals surface area contributed by atoms with Gasteiger partial charge in [-0.2, -0.15) is 0 Å². The second-order valence-corrected chi connectivity index (χ2v) is 18.5. The lowest BCUT2D eigenvalue weighted by molar-refractivity contribution is -0.329. The zero-order valence-corrected chi connectivity index (χ0v) is 29.6. The zero-order chi connectivity index (χ0) is 34.8. The molecule has 270 valence electrons. The Hall–Kier alpha value is -1.15. The van der Waals surface area contributed by atoms with Crippen molar-refractivity contribution in [2.75, 3.05) is 6.61 Å².